The number of nitrogens with zero attached hydrogens (tertiary/aromatic N) is 2. The molecule has 0 fully saturated rings. The van der Waals surface area contributed by atoms with Crippen LogP contribution in [0.15, 0.2) is 45.0 Å². The van der Waals surface area contributed by atoms with Gasteiger partial charge in [-0.3, -0.25) is 15.5 Å². The maximum atomic E-state index is 11.2. The third-order valence-electron chi connectivity index (χ3n) is 2.44. The molecule has 0 aliphatic rings. The smallest absolute Gasteiger partial charge is 0.272 e. The van der Waals surface area contributed by atoms with Crippen LogP contribution in [0, 0.1) is 10.1 Å². The van der Waals surface area contributed by atoms with Crippen molar-refractivity contribution in [3.8, 4) is 0 Å². The molecule has 0 radical (unpaired) electrons. The van der Waals surface area contributed by atoms with Gasteiger partial charge in [-0.15, -0.1) is 0 Å². The van der Waals surface area contributed by atoms with Crippen molar-refractivity contribution in [2.75, 3.05) is 5.43 Å². The second-order valence-electron chi connectivity index (χ2n) is 3.91. The number of hydrogen-bond donors (Lipinski definition) is 2. The van der Waals surface area contributed by atoms with Gasteiger partial charge in [0.2, 0.25) is 10.0 Å². The van der Waals surface area contributed by atoms with Gasteiger partial charge in [0.1, 0.15) is 5.69 Å². The van der Waals surface area contributed by atoms with E-state index in [4.69, 9.17) is 5.14 Å². The summed E-state index contributed by atoms with van der Waals surface area (Å²) in [5.74, 6) is 0. The van der Waals surface area contributed by atoms with Crippen molar-refractivity contribution < 1.29 is 13.3 Å². The number of hydrazone groups is 1. The highest BCUT2D eigenvalue weighted by atomic mass is 32.2. The first-order valence-corrected chi connectivity index (χ1v) is 7.99. The molecule has 0 unspecified atom stereocenters. The first-order valence-electron chi connectivity index (χ1n) is 5.50. The van der Waals surface area contributed by atoms with Gasteiger partial charge in [0, 0.05) is 11.6 Å². The Morgan fingerprint density at radius 2 is 2.14 bits per heavy atom. The fourth-order valence-electron chi connectivity index (χ4n) is 1.46. The van der Waals surface area contributed by atoms with Crippen LogP contribution in [-0.4, -0.2) is 19.6 Å². The maximum Gasteiger partial charge on any atom is 0.295 e. The van der Waals surface area contributed by atoms with Crippen molar-refractivity contribution in [3.05, 3.63) is 50.7 Å². The van der Waals surface area contributed by atoms with E-state index in [-0.39, 0.29) is 10.6 Å². The molecule has 21 heavy (non-hydrogen) atoms. The summed E-state index contributed by atoms with van der Waals surface area (Å²) in [5, 5.41) is 23.5. The highest BCUT2D eigenvalue weighted by molar-refractivity contribution is 7.89. The standard InChI is InChI=1S/C11H10N4O4S2/c12-21(18,19)9-1-2-10(11(5-9)15(16)17)14-13-6-8-3-4-20-7-8/h1-7,14H,(H2,12,18,19). The van der Waals surface area contributed by atoms with E-state index in [1.807, 2.05) is 16.8 Å². The summed E-state index contributed by atoms with van der Waals surface area (Å²) in [6.07, 6.45) is 1.49. The van der Waals surface area contributed by atoms with Gasteiger partial charge in [-0.2, -0.15) is 16.4 Å². The molecule has 3 N–H and O–H groups in total. The zero-order chi connectivity index (χ0) is 15.5. The van der Waals surface area contributed by atoms with Crippen LogP contribution < -0.4 is 10.6 Å². The van der Waals surface area contributed by atoms with Crippen LogP contribution in [0.5, 0.6) is 0 Å². The normalized spacial score (nSPS) is 11.7. The molecule has 0 aliphatic carbocycles. The van der Waals surface area contributed by atoms with Gasteiger partial charge >= 0.3 is 0 Å². The highest BCUT2D eigenvalue weighted by Gasteiger charge is 2.18. The maximum absolute atomic E-state index is 11.2. The van der Waals surface area contributed by atoms with Crippen LogP contribution >= 0.6 is 11.3 Å². The van der Waals surface area contributed by atoms with Crippen LogP contribution in [0.3, 0.4) is 0 Å². The van der Waals surface area contributed by atoms with E-state index in [0.717, 1.165) is 11.6 Å². The van der Waals surface area contributed by atoms with E-state index >= 15 is 0 Å². The Bertz CT molecular complexity index is 785. The number of nitro benzene ring substituents is 1. The fourth-order valence-corrected chi connectivity index (χ4v) is 2.60. The van der Waals surface area contributed by atoms with E-state index in [9.17, 15) is 18.5 Å². The summed E-state index contributed by atoms with van der Waals surface area (Å²) < 4.78 is 22.4. The number of anilines is 1. The number of nitro groups is 1. The predicted molar refractivity (Wildman–Crippen MR) is 80.0 cm³/mol. The average molecular weight is 326 g/mol. The van der Waals surface area contributed by atoms with Crippen LogP contribution in [-0.2, 0) is 10.0 Å². The lowest BCUT2D eigenvalue weighted by Crippen LogP contribution is -2.12. The molecule has 0 saturated heterocycles. The van der Waals surface area contributed by atoms with Gasteiger partial charge in [-0.25, -0.2) is 13.6 Å². The summed E-state index contributed by atoms with van der Waals surface area (Å²) in [4.78, 5) is 9.93. The van der Waals surface area contributed by atoms with E-state index in [2.05, 4.69) is 10.5 Å². The molecule has 0 aliphatic heterocycles. The number of rotatable bonds is 5. The molecule has 1 aromatic carbocycles. The molecular formula is C11H10N4O4S2. The van der Waals surface area contributed by atoms with Gasteiger partial charge in [0.15, 0.2) is 0 Å². The van der Waals surface area contributed by atoms with Gasteiger partial charge < -0.3 is 0 Å². The minimum Gasteiger partial charge on any atom is -0.272 e. The van der Waals surface area contributed by atoms with Crippen molar-refractivity contribution in [1.29, 1.82) is 0 Å². The van der Waals surface area contributed by atoms with Gasteiger partial charge in [-0.1, -0.05) is 0 Å². The molecule has 0 saturated carbocycles. The molecule has 0 bridgehead atoms. The molecule has 10 heteroatoms. The largest absolute Gasteiger partial charge is 0.295 e. The summed E-state index contributed by atoms with van der Waals surface area (Å²) in [7, 11) is -4.00. The Hall–Kier alpha value is -2.30. The molecule has 110 valence electrons. The second-order valence-corrected chi connectivity index (χ2v) is 6.25. The fraction of sp³-hybridized carbons (Fsp3) is 0. The molecule has 0 amide bonds. The first kappa shape index (κ1) is 15.1. The van der Waals surface area contributed by atoms with Gasteiger partial charge in [0.25, 0.3) is 5.69 Å². The molecule has 0 atom stereocenters. The zero-order valence-electron chi connectivity index (χ0n) is 10.5. The van der Waals surface area contributed by atoms with E-state index < -0.39 is 20.6 Å². The van der Waals surface area contributed by atoms with E-state index in [1.165, 1.54) is 29.7 Å². The van der Waals surface area contributed by atoms with Crippen molar-refractivity contribution in [2.24, 2.45) is 10.2 Å². The monoisotopic (exact) mass is 326 g/mol. The van der Waals surface area contributed by atoms with Gasteiger partial charge in [-0.05, 0) is 29.0 Å². The average Bonchev–Trinajstić information content (AvgIpc) is 2.90. The summed E-state index contributed by atoms with van der Waals surface area (Å²) in [5.41, 5.74) is 2.99. The third kappa shape index (κ3) is 3.84. The number of nitrogens with one attached hydrogen (secondary N) is 1. The van der Waals surface area contributed by atoms with Crippen molar-refractivity contribution in [3.63, 3.8) is 0 Å². The van der Waals surface area contributed by atoms with Crippen LogP contribution in [0.2, 0.25) is 0 Å². The molecular weight excluding hydrogens is 316 g/mol. The Morgan fingerprint density at radius 1 is 1.38 bits per heavy atom. The molecule has 8 nitrogen and oxygen atoms in total. The summed E-state index contributed by atoms with van der Waals surface area (Å²) >= 11 is 1.49. The molecule has 1 aromatic heterocycles. The summed E-state index contributed by atoms with van der Waals surface area (Å²) in [6, 6.07) is 5.12. The highest BCUT2D eigenvalue weighted by Crippen LogP contribution is 2.27. The lowest BCUT2D eigenvalue weighted by atomic mass is 10.3. The molecule has 1 heterocycles. The topological polar surface area (TPSA) is 128 Å². The minimum atomic E-state index is -4.00. The Kier molecular flexibility index (Phi) is 4.31. The van der Waals surface area contributed by atoms with Crippen LogP contribution in [0.4, 0.5) is 11.4 Å². The molecule has 2 rings (SSSR count). The zero-order valence-corrected chi connectivity index (χ0v) is 12.1. The third-order valence-corrected chi connectivity index (χ3v) is 4.05. The Morgan fingerprint density at radius 3 is 2.71 bits per heavy atom. The number of hydrogen-bond acceptors (Lipinski definition) is 7. The number of benzene rings is 1. The first-order chi connectivity index (χ1) is 9.88. The quantitative estimate of drug-likeness (QED) is 0.491. The van der Waals surface area contributed by atoms with Crippen molar-refractivity contribution in [2.45, 2.75) is 4.90 Å². The molecule has 2 aromatic rings. The number of thiophene rings is 1. The summed E-state index contributed by atoms with van der Waals surface area (Å²) in [6.45, 7) is 0. The Labute approximate surface area is 124 Å². The van der Waals surface area contributed by atoms with E-state index in [1.54, 1.807) is 0 Å². The Balaban J connectivity index is 2.29. The molecule has 0 spiro atoms. The number of nitrogens with two attached hydrogens (primary N) is 1. The van der Waals surface area contributed by atoms with E-state index in [0.29, 0.717) is 0 Å². The van der Waals surface area contributed by atoms with Crippen LogP contribution in [0.1, 0.15) is 5.56 Å². The number of sulfonamides is 1. The predicted octanol–water partition coefficient (Wildman–Crippen LogP) is 1.75. The van der Waals surface area contributed by atoms with Gasteiger partial charge in [0.05, 0.1) is 16.0 Å². The lowest BCUT2D eigenvalue weighted by Gasteiger charge is -2.04. The minimum absolute atomic E-state index is 0.0684. The van der Waals surface area contributed by atoms with Crippen LogP contribution in [0.25, 0.3) is 0 Å². The number of primary sulfonamides is 1. The lowest BCUT2D eigenvalue weighted by molar-refractivity contribution is -0.384. The van der Waals surface area contributed by atoms with Crippen molar-refractivity contribution in [1.82, 2.24) is 0 Å². The SMILES string of the molecule is NS(=O)(=O)c1ccc(NN=Cc2ccsc2)c([N+](=O)[O-])c1. The van der Waals surface area contributed by atoms with Crippen molar-refractivity contribution >= 4 is 38.9 Å². The second kappa shape index (κ2) is 5.99.